The summed E-state index contributed by atoms with van der Waals surface area (Å²) < 4.78 is 10.8. The van der Waals surface area contributed by atoms with Crippen LogP contribution in [-0.4, -0.2) is 11.8 Å². The first-order valence-electron chi connectivity index (χ1n) is 7.85. The number of aryl methyl sites for hydroxylation is 1. The molecule has 0 fully saturated rings. The summed E-state index contributed by atoms with van der Waals surface area (Å²) in [5, 5.41) is 3.10. The SMILES string of the molecule is Cc1ccc(C(N)Cc2nc(-c3ccc4c(c3)OCO4)cs2)cc1. The first-order chi connectivity index (χ1) is 11.7. The topological polar surface area (TPSA) is 57.4 Å². The second-order valence-electron chi connectivity index (χ2n) is 5.92. The van der Waals surface area contributed by atoms with Gasteiger partial charge in [-0.25, -0.2) is 4.98 Å². The Morgan fingerprint density at radius 1 is 1.12 bits per heavy atom. The average Bonchev–Trinajstić information content (AvgIpc) is 3.23. The van der Waals surface area contributed by atoms with E-state index in [2.05, 4.69) is 36.6 Å². The highest BCUT2D eigenvalue weighted by atomic mass is 32.1. The molecule has 1 aromatic heterocycles. The standard InChI is InChI=1S/C19H18N2O2S/c1-12-2-4-13(5-3-12)15(20)9-19-21-16(10-24-19)14-6-7-17-18(8-14)23-11-22-17/h2-8,10,15H,9,11,20H2,1H3. The number of hydrogen-bond acceptors (Lipinski definition) is 5. The van der Waals surface area contributed by atoms with Gasteiger partial charge < -0.3 is 15.2 Å². The minimum absolute atomic E-state index is 0.0404. The van der Waals surface area contributed by atoms with Crippen LogP contribution in [0.5, 0.6) is 11.5 Å². The van der Waals surface area contributed by atoms with Crippen molar-refractivity contribution >= 4 is 11.3 Å². The highest BCUT2D eigenvalue weighted by Crippen LogP contribution is 2.36. The highest BCUT2D eigenvalue weighted by Gasteiger charge is 2.16. The Balaban J connectivity index is 1.51. The fraction of sp³-hybridized carbons (Fsp3) is 0.211. The van der Waals surface area contributed by atoms with Crippen LogP contribution in [0.1, 0.15) is 22.2 Å². The van der Waals surface area contributed by atoms with Crippen LogP contribution in [0.4, 0.5) is 0 Å². The van der Waals surface area contributed by atoms with E-state index in [1.807, 2.05) is 18.2 Å². The highest BCUT2D eigenvalue weighted by molar-refractivity contribution is 7.09. The molecule has 0 radical (unpaired) electrons. The lowest BCUT2D eigenvalue weighted by atomic mass is 10.0. The van der Waals surface area contributed by atoms with Gasteiger partial charge >= 0.3 is 0 Å². The van der Waals surface area contributed by atoms with E-state index in [1.165, 1.54) is 5.56 Å². The third-order valence-electron chi connectivity index (χ3n) is 4.12. The molecule has 2 heterocycles. The summed E-state index contributed by atoms with van der Waals surface area (Å²) in [6.45, 7) is 2.36. The Hall–Kier alpha value is -2.37. The molecule has 0 bridgehead atoms. The molecule has 0 aliphatic carbocycles. The monoisotopic (exact) mass is 338 g/mol. The lowest BCUT2D eigenvalue weighted by Crippen LogP contribution is -2.13. The number of ether oxygens (including phenoxy) is 2. The van der Waals surface area contributed by atoms with Crippen molar-refractivity contribution in [1.29, 1.82) is 0 Å². The zero-order valence-electron chi connectivity index (χ0n) is 13.4. The zero-order valence-corrected chi connectivity index (χ0v) is 14.2. The number of fused-ring (bicyclic) bond motifs is 1. The van der Waals surface area contributed by atoms with Crippen molar-refractivity contribution < 1.29 is 9.47 Å². The summed E-state index contributed by atoms with van der Waals surface area (Å²) in [4.78, 5) is 4.73. The molecule has 24 heavy (non-hydrogen) atoms. The molecule has 5 heteroatoms. The van der Waals surface area contributed by atoms with Gasteiger partial charge in [-0.05, 0) is 30.7 Å². The van der Waals surface area contributed by atoms with Crippen molar-refractivity contribution in [1.82, 2.24) is 4.98 Å². The van der Waals surface area contributed by atoms with Gasteiger partial charge in [-0.15, -0.1) is 11.3 Å². The zero-order chi connectivity index (χ0) is 16.5. The summed E-state index contributed by atoms with van der Waals surface area (Å²) in [7, 11) is 0. The predicted octanol–water partition coefficient (Wildman–Crippen LogP) is 4.09. The van der Waals surface area contributed by atoms with Gasteiger partial charge in [0.2, 0.25) is 6.79 Å². The van der Waals surface area contributed by atoms with Gasteiger partial charge in [-0.1, -0.05) is 29.8 Å². The Morgan fingerprint density at radius 3 is 2.75 bits per heavy atom. The molecule has 1 aliphatic rings. The Labute approximate surface area is 144 Å². The molecule has 0 amide bonds. The molecule has 1 unspecified atom stereocenters. The van der Waals surface area contributed by atoms with E-state index in [0.29, 0.717) is 0 Å². The molecule has 4 nitrogen and oxygen atoms in total. The van der Waals surface area contributed by atoms with Gasteiger partial charge in [0.15, 0.2) is 11.5 Å². The normalized spacial score (nSPS) is 13.9. The summed E-state index contributed by atoms with van der Waals surface area (Å²) in [5.74, 6) is 1.56. The van der Waals surface area contributed by atoms with Crippen molar-refractivity contribution in [2.45, 2.75) is 19.4 Å². The molecule has 1 atom stereocenters. The maximum Gasteiger partial charge on any atom is 0.231 e. The Bertz CT molecular complexity index is 858. The largest absolute Gasteiger partial charge is 0.454 e. The quantitative estimate of drug-likeness (QED) is 0.778. The molecule has 122 valence electrons. The van der Waals surface area contributed by atoms with Crippen LogP contribution >= 0.6 is 11.3 Å². The van der Waals surface area contributed by atoms with E-state index in [4.69, 9.17) is 20.2 Å². The molecule has 3 aromatic rings. The minimum atomic E-state index is -0.0404. The van der Waals surface area contributed by atoms with E-state index in [0.717, 1.165) is 39.7 Å². The van der Waals surface area contributed by atoms with Crippen LogP contribution in [-0.2, 0) is 6.42 Å². The predicted molar refractivity (Wildman–Crippen MR) is 95.5 cm³/mol. The lowest BCUT2D eigenvalue weighted by Gasteiger charge is -2.10. The van der Waals surface area contributed by atoms with E-state index >= 15 is 0 Å². The molecule has 0 spiro atoms. The number of thiazole rings is 1. The molecule has 1 aliphatic heterocycles. The third kappa shape index (κ3) is 3.00. The minimum Gasteiger partial charge on any atom is -0.454 e. The van der Waals surface area contributed by atoms with Gasteiger partial charge in [0.1, 0.15) is 0 Å². The fourth-order valence-electron chi connectivity index (χ4n) is 2.71. The third-order valence-corrected chi connectivity index (χ3v) is 4.99. The first kappa shape index (κ1) is 15.2. The number of aromatic nitrogens is 1. The van der Waals surface area contributed by atoms with Crippen molar-refractivity contribution in [2.24, 2.45) is 5.73 Å². The van der Waals surface area contributed by atoms with Crippen molar-refractivity contribution in [3.8, 4) is 22.8 Å². The van der Waals surface area contributed by atoms with Crippen molar-refractivity contribution in [3.63, 3.8) is 0 Å². The van der Waals surface area contributed by atoms with Crippen LogP contribution in [0.2, 0.25) is 0 Å². The van der Waals surface area contributed by atoms with Crippen LogP contribution in [0.3, 0.4) is 0 Å². The molecule has 2 aromatic carbocycles. The molecular weight excluding hydrogens is 320 g/mol. The average molecular weight is 338 g/mol. The van der Waals surface area contributed by atoms with Crippen molar-refractivity contribution in [3.05, 3.63) is 64.0 Å². The number of hydrogen-bond donors (Lipinski definition) is 1. The lowest BCUT2D eigenvalue weighted by molar-refractivity contribution is 0.174. The van der Waals surface area contributed by atoms with Crippen molar-refractivity contribution in [2.75, 3.05) is 6.79 Å². The van der Waals surface area contributed by atoms with E-state index in [1.54, 1.807) is 11.3 Å². The van der Waals surface area contributed by atoms with Gasteiger partial charge in [-0.2, -0.15) is 0 Å². The maximum absolute atomic E-state index is 6.33. The molecule has 4 rings (SSSR count). The molecule has 2 N–H and O–H groups in total. The smallest absolute Gasteiger partial charge is 0.231 e. The fourth-order valence-corrected chi connectivity index (χ4v) is 3.58. The van der Waals surface area contributed by atoms with Gasteiger partial charge in [0.05, 0.1) is 10.7 Å². The van der Waals surface area contributed by atoms with E-state index in [-0.39, 0.29) is 12.8 Å². The summed E-state index contributed by atoms with van der Waals surface area (Å²) in [5.41, 5.74) is 10.7. The van der Waals surface area contributed by atoms with Crippen LogP contribution in [0, 0.1) is 6.92 Å². The summed E-state index contributed by atoms with van der Waals surface area (Å²) in [6.07, 6.45) is 0.734. The van der Waals surface area contributed by atoms with E-state index < -0.39 is 0 Å². The second kappa shape index (κ2) is 6.26. The van der Waals surface area contributed by atoms with Gasteiger partial charge in [0, 0.05) is 23.4 Å². The molecule has 0 saturated heterocycles. The summed E-state index contributed by atoms with van der Waals surface area (Å²) >= 11 is 1.64. The van der Waals surface area contributed by atoms with Crippen LogP contribution < -0.4 is 15.2 Å². The molecule has 0 saturated carbocycles. The van der Waals surface area contributed by atoms with Gasteiger partial charge in [-0.3, -0.25) is 0 Å². The number of benzene rings is 2. The van der Waals surface area contributed by atoms with Gasteiger partial charge in [0.25, 0.3) is 0 Å². The number of nitrogens with two attached hydrogens (primary N) is 1. The Morgan fingerprint density at radius 2 is 1.92 bits per heavy atom. The first-order valence-corrected chi connectivity index (χ1v) is 8.73. The van der Waals surface area contributed by atoms with Crippen LogP contribution in [0.15, 0.2) is 47.8 Å². The number of nitrogens with zero attached hydrogens (tertiary/aromatic N) is 1. The van der Waals surface area contributed by atoms with Crippen LogP contribution in [0.25, 0.3) is 11.3 Å². The second-order valence-corrected chi connectivity index (χ2v) is 6.86. The maximum atomic E-state index is 6.33. The summed E-state index contributed by atoms with van der Waals surface area (Å²) in [6, 6.07) is 14.2. The Kier molecular flexibility index (Phi) is 3.96. The number of rotatable bonds is 4. The van der Waals surface area contributed by atoms with E-state index in [9.17, 15) is 0 Å². The molecular formula is C19H18N2O2S.